The lowest BCUT2D eigenvalue weighted by Crippen LogP contribution is -2.24. The van der Waals surface area contributed by atoms with Crippen LogP contribution >= 0.6 is 0 Å². The third-order valence-electron chi connectivity index (χ3n) is 0.476. The Kier molecular flexibility index (Phi) is 1.02. The first-order chi connectivity index (χ1) is 2.89. The van der Waals surface area contributed by atoms with Crippen LogP contribution in [-0.2, 0) is 4.74 Å². The molecular weight excluding hydrogens is 84.0 g/mol. The molecule has 4 nitrogen and oxygen atoms in total. The molecule has 0 spiro atoms. The Bertz CT molecular complexity index is 42.8. The standard InChI is InChI=1S/C2H5N2O2/c5-2-4-3-1-6-2/h3-5H,1H2. The molecule has 1 aliphatic heterocycles. The summed E-state index contributed by atoms with van der Waals surface area (Å²) in [6, 6.07) is 0. The number of aliphatic hydroxyl groups excluding tert-OH is 1. The quantitative estimate of drug-likeness (QED) is 0.352. The van der Waals surface area contributed by atoms with Crippen LogP contribution in [0.5, 0.6) is 0 Å². The first-order valence-electron chi connectivity index (χ1n) is 1.57. The van der Waals surface area contributed by atoms with E-state index in [0.717, 1.165) is 0 Å². The maximum absolute atomic E-state index is 8.25. The van der Waals surface area contributed by atoms with E-state index < -0.39 is 0 Å². The highest BCUT2D eigenvalue weighted by molar-refractivity contribution is 4.56. The summed E-state index contributed by atoms with van der Waals surface area (Å²) in [6.45, 7) is 0.339. The minimum Gasteiger partial charge on any atom is -0.347 e. The zero-order valence-corrected chi connectivity index (χ0v) is 3.06. The molecule has 0 aromatic carbocycles. The molecule has 1 aliphatic rings. The highest BCUT2D eigenvalue weighted by Gasteiger charge is 2.09. The fourth-order valence-electron chi connectivity index (χ4n) is 0.252. The van der Waals surface area contributed by atoms with E-state index in [2.05, 4.69) is 15.6 Å². The molecule has 0 saturated carbocycles. The van der Waals surface area contributed by atoms with E-state index in [4.69, 9.17) is 5.11 Å². The molecule has 0 aromatic rings. The SMILES string of the molecule is O[C]1NNCO1. The molecule has 1 fully saturated rings. The van der Waals surface area contributed by atoms with Gasteiger partial charge in [-0.15, -0.1) is 0 Å². The summed E-state index contributed by atoms with van der Waals surface area (Å²) in [5, 5.41) is 8.25. The van der Waals surface area contributed by atoms with Crippen LogP contribution in [0.2, 0.25) is 0 Å². The molecule has 0 bridgehead atoms. The summed E-state index contributed by atoms with van der Waals surface area (Å²) >= 11 is 0. The predicted molar refractivity (Wildman–Crippen MR) is 17.4 cm³/mol. The van der Waals surface area contributed by atoms with Gasteiger partial charge in [0.15, 0.2) is 0 Å². The molecule has 0 aliphatic carbocycles. The van der Waals surface area contributed by atoms with Crippen molar-refractivity contribution < 1.29 is 9.84 Å². The van der Waals surface area contributed by atoms with E-state index in [1.165, 1.54) is 0 Å². The summed E-state index contributed by atoms with van der Waals surface area (Å²) in [5.74, 6) is 0. The van der Waals surface area contributed by atoms with Gasteiger partial charge in [0.1, 0.15) is 6.73 Å². The Morgan fingerprint density at radius 2 is 2.67 bits per heavy atom. The van der Waals surface area contributed by atoms with E-state index in [1.54, 1.807) is 0 Å². The predicted octanol–water partition coefficient (Wildman–Crippen LogP) is -1.11. The van der Waals surface area contributed by atoms with E-state index in [0.29, 0.717) is 6.73 Å². The lowest BCUT2D eigenvalue weighted by molar-refractivity contribution is 0.0364. The topological polar surface area (TPSA) is 53.5 Å². The number of nitrogens with one attached hydrogen (secondary N) is 2. The normalized spacial score (nSPS) is 25.5. The summed E-state index contributed by atoms with van der Waals surface area (Å²) < 4.78 is 4.40. The van der Waals surface area contributed by atoms with Gasteiger partial charge in [0.05, 0.1) is 0 Å². The third-order valence-corrected chi connectivity index (χ3v) is 0.476. The van der Waals surface area contributed by atoms with E-state index >= 15 is 0 Å². The average molecular weight is 89.1 g/mol. The average Bonchev–Trinajstić information content (AvgIpc) is 1.86. The van der Waals surface area contributed by atoms with E-state index in [-0.39, 0.29) is 6.41 Å². The van der Waals surface area contributed by atoms with Crippen LogP contribution < -0.4 is 10.9 Å². The van der Waals surface area contributed by atoms with Crippen LogP contribution in [0.25, 0.3) is 0 Å². The minimum absolute atomic E-state index is 0.157. The fraction of sp³-hybridized carbons (Fsp3) is 0.500. The molecule has 35 valence electrons. The number of hydrazine groups is 1. The Hall–Kier alpha value is -0.160. The zero-order valence-electron chi connectivity index (χ0n) is 3.06. The second-order valence-electron chi connectivity index (χ2n) is 0.896. The minimum atomic E-state index is -0.157. The number of hydrogen-bond acceptors (Lipinski definition) is 4. The second kappa shape index (κ2) is 1.53. The number of ether oxygens (including phenoxy) is 1. The highest BCUT2D eigenvalue weighted by Crippen LogP contribution is 1.90. The van der Waals surface area contributed by atoms with Gasteiger partial charge in [-0.3, -0.25) is 0 Å². The van der Waals surface area contributed by atoms with Crippen LogP contribution in [0.1, 0.15) is 0 Å². The van der Waals surface area contributed by atoms with Gasteiger partial charge in [0.2, 0.25) is 0 Å². The fourth-order valence-corrected chi connectivity index (χ4v) is 0.252. The van der Waals surface area contributed by atoms with Gasteiger partial charge in [0, 0.05) is 0 Å². The van der Waals surface area contributed by atoms with Gasteiger partial charge >= 0.3 is 6.41 Å². The Morgan fingerprint density at radius 1 is 1.83 bits per heavy atom. The van der Waals surface area contributed by atoms with Gasteiger partial charge < -0.3 is 9.84 Å². The van der Waals surface area contributed by atoms with Crippen molar-refractivity contribution >= 4 is 0 Å². The molecule has 0 aromatic heterocycles. The molecule has 0 unspecified atom stereocenters. The zero-order chi connectivity index (χ0) is 4.41. The van der Waals surface area contributed by atoms with E-state index in [1.807, 2.05) is 0 Å². The van der Waals surface area contributed by atoms with Crippen LogP contribution in [0.3, 0.4) is 0 Å². The molecule has 3 N–H and O–H groups in total. The highest BCUT2D eigenvalue weighted by atomic mass is 16.6. The number of rotatable bonds is 0. The molecule has 4 heteroatoms. The second-order valence-corrected chi connectivity index (χ2v) is 0.896. The van der Waals surface area contributed by atoms with Crippen molar-refractivity contribution in [1.29, 1.82) is 0 Å². The maximum atomic E-state index is 8.25. The lowest BCUT2D eigenvalue weighted by Gasteiger charge is -1.89. The van der Waals surface area contributed by atoms with Gasteiger partial charge in [-0.2, -0.15) is 5.43 Å². The number of aliphatic hydroxyl groups is 1. The van der Waals surface area contributed by atoms with Crippen molar-refractivity contribution in [2.24, 2.45) is 0 Å². The molecule has 6 heavy (non-hydrogen) atoms. The van der Waals surface area contributed by atoms with Gasteiger partial charge in [-0.1, -0.05) is 0 Å². The smallest absolute Gasteiger partial charge is 0.313 e. The Balaban J connectivity index is 2.18. The molecule has 0 atom stereocenters. The Labute approximate surface area is 35.1 Å². The van der Waals surface area contributed by atoms with E-state index in [9.17, 15) is 0 Å². The summed E-state index contributed by atoms with van der Waals surface area (Å²) in [6.07, 6.45) is -0.157. The monoisotopic (exact) mass is 89.0 g/mol. The van der Waals surface area contributed by atoms with Crippen molar-refractivity contribution in [2.45, 2.75) is 0 Å². The largest absolute Gasteiger partial charge is 0.347 e. The van der Waals surface area contributed by atoms with Crippen molar-refractivity contribution in [3.63, 3.8) is 0 Å². The van der Waals surface area contributed by atoms with Crippen molar-refractivity contribution in [1.82, 2.24) is 10.9 Å². The maximum Gasteiger partial charge on any atom is 0.313 e. The van der Waals surface area contributed by atoms with Crippen LogP contribution in [0, 0.1) is 6.41 Å². The number of hydrogen-bond donors (Lipinski definition) is 3. The summed E-state index contributed by atoms with van der Waals surface area (Å²) in [5.41, 5.74) is 4.83. The molecule has 1 heterocycles. The third kappa shape index (κ3) is 0.662. The van der Waals surface area contributed by atoms with Crippen molar-refractivity contribution in [2.75, 3.05) is 6.73 Å². The molecular formula is C2H5N2O2. The summed E-state index contributed by atoms with van der Waals surface area (Å²) in [7, 11) is 0. The van der Waals surface area contributed by atoms with Gasteiger partial charge in [-0.25, -0.2) is 5.43 Å². The molecule has 1 radical (unpaired) electrons. The van der Waals surface area contributed by atoms with Crippen LogP contribution in [0.4, 0.5) is 0 Å². The molecule has 1 rings (SSSR count). The lowest BCUT2D eigenvalue weighted by atomic mass is 11.2. The Morgan fingerprint density at radius 3 is 2.83 bits per heavy atom. The van der Waals surface area contributed by atoms with Crippen LogP contribution in [0.15, 0.2) is 0 Å². The first-order valence-corrected chi connectivity index (χ1v) is 1.57. The van der Waals surface area contributed by atoms with Crippen molar-refractivity contribution in [3.8, 4) is 0 Å². The van der Waals surface area contributed by atoms with Crippen molar-refractivity contribution in [3.05, 3.63) is 6.41 Å². The van der Waals surface area contributed by atoms with Crippen LogP contribution in [-0.4, -0.2) is 11.8 Å². The summed E-state index contributed by atoms with van der Waals surface area (Å²) in [4.78, 5) is 0. The molecule has 1 saturated heterocycles. The molecule has 0 amide bonds. The van der Waals surface area contributed by atoms with Gasteiger partial charge in [-0.05, 0) is 0 Å². The first kappa shape index (κ1) is 4.01. The van der Waals surface area contributed by atoms with Gasteiger partial charge in [0.25, 0.3) is 0 Å².